The second-order valence-corrected chi connectivity index (χ2v) is 7.47. The third-order valence-corrected chi connectivity index (χ3v) is 4.81. The standard InChI is InChI=1S/C20H17BrClN3O2/c1-12(14-3-2-4-16(21)9-14)24-18(26)10-15-11-23-19(25-20(15)27)13-5-7-17(22)8-6-13/h2-9,11-12H,10H2,1H3,(H,24,26)(H,23,25,27)/t12-/m0/s1. The van der Waals surface area contributed by atoms with Crippen LogP contribution in [0.15, 0.2) is 64.0 Å². The molecule has 2 aromatic carbocycles. The van der Waals surface area contributed by atoms with E-state index in [0.717, 1.165) is 15.6 Å². The lowest BCUT2D eigenvalue weighted by molar-refractivity contribution is -0.121. The molecule has 0 unspecified atom stereocenters. The zero-order valence-corrected chi connectivity index (χ0v) is 16.8. The highest BCUT2D eigenvalue weighted by Crippen LogP contribution is 2.18. The molecule has 3 rings (SSSR count). The van der Waals surface area contributed by atoms with E-state index in [1.807, 2.05) is 31.2 Å². The van der Waals surface area contributed by atoms with Crippen LogP contribution in [0.3, 0.4) is 0 Å². The number of H-pyrrole nitrogens is 1. The normalized spacial score (nSPS) is 11.8. The molecule has 0 aliphatic heterocycles. The van der Waals surface area contributed by atoms with Crippen molar-refractivity contribution in [2.24, 2.45) is 0 Å². The van der Waals surface area contributed by atoms with Crippen LogP contribution in [0.1, 0.15) is 24.1 Å². The molecule has 0 aliphatic rings. The molecule has 1 amide bonds. The van der Waals surface area contributed by atoms with E-state index in [9.17, 15) is 9.59 Å². The minimum absolute atomic E-state index is 0.0401. The topological polar surface area (TPSA) is 74.8 Å². The summed E-state index contributed by atoms with van der Waals surface area (Å²) in [5, 5.41) is 3.50. The summed E-state index contributed by atoms with van der Waals surface area (Å²) >= 11 is 9.28. The van der Waals surface area contributed by atoms with Crippen LogP contribution in [-0.4, -0.2) is 15.9 Å². The van der Waals surface area contributed by atoms with Gasteiger partial charge in [0.1, 0.15) is 5.82 Å². The molecule has 0 bridgehead atoms. The SMILES string of the molecule is C[C@H](NC(=O)Cc1cnc(-c2ccc(Cl)cc2)[nH]c1=O)c1cccc(Br)c1. The van der Waals surface area contributed by atoms with E-state index >= 15 is 0 Å². The fourth-order valence-corrected chi connectivity index (χ4v) is 3.17. The first-order valence-electron chi connectivity index (χ1n) is 8.31. The Balaban J connectivity index is 1.69. The third-order valence-electron chi connectivity index (χ3n) is 4.07. The average molecular weight is 447 g/mol. The number of carbonyl (C=O) groups excluding carboxylic acids is 1. The third kappa shape index (κ3) is 5.05. The highest BCUT2D eigenvalue weighted by atomic mass is 79.9. The molecule has 7 heteroatoms. The van der Waals surface area contributed by atoms with Gasteiger partial charge in [-0.3, -0.25) is 9.59 Å². The van der Waals surface area contributed by atoms with Gasteiger partial charge in [-0.15, -0.1) is 0 Å². The first-order valence-corrected chi connectivity index (χ1v) is 9.48. The molecule has 0 saturated carbocycles. The Morgan fingerprint density at radius 3 is 2.67 bits per heavy atom. The van der Waals surface area contributed by atoms with Gasteiger partial charge in [-0.1, -0.05) is 39.7 Å². The Bertz CT molecular complexity index is 1020. The van der Waals surface area contributed by atoms with Crippen molar-refractivity contribution in [1.82, 2.24) is 15.3 Å². The van der Waals surface area contributed by atoms with E-state index in [1.165, 1.54) is 6.20 Å². The lowest BCUT2D eigenvalue weighted by atomic mass is 10.1. The predicted octanol–water partition coefficient (Wildman–Crippen LogP) is 4.27. The highest BCUT2D eigenvalue weighted by molar-refractivity contribution is 9.10. The molecule has 0 spiro atoms. The Hall–Kier alpha value is -2.44. The van der Waals surface area contributed by atoms with Gasteiger partial charge in [0.2, 0.25) is 5.91 Å². The monoisotopic (exact) mass is 445 g/mol. The Kier molecular flexibility index (Phi) is 6.08. The van der Waals surface area contributed by atoms with Crippen LogP contribution in [-0.2, 0) is 11.2 Å². The minimum atomic E-state index is -0.333. The van der Waals surface area contributed by atoms with Crippen molar-refractivity contribution in [3.8, 4) is 11.4 Å². The zero-order valence-electron chi connectivity index (χ0n) is 14.5. The van der Waals surface area contributed by atoms with Crippen molar-refractivity contribution in [1.29, 1.82) is 0 Å². The van der Waals surface area contributed by atoms with Crippen molar-refractivity contribution >= 4 is 33.4 Å². The van der Waals surface area contributed by atoms with Crippen molar-refractivity contribution in [3.05, 3.63) is 85.7 Å². The summed E-state index contributed by atoms with van der Waals surface area (Å²) in [6.07, 6.45) is 1.40. The summed E-state index contributed by atoms with van der Waals surface area (Å²) in [6, 6.07) is 14.5. The Morgan fingerprint density at radius 2 is 2.00 bits per heavy atom. The number of benzene rings is 2. The summed E-state index contributed by atoms with van der Waals surface area (Å²) in [4.78, 5) is 31.6. The summed E-state index contributed by atoms with van der Waals surface area (Å²) in [5.74, 6) is 0.192. The predicted molar refractivity (Wildman–Crippen MR) is 110 cm³/mol. The minimum Gasteiger partial charge on any atom is -0.349 e. The zero-order chi connectivity index (χ0) is 19.4. The fourth-order valence-electron chi connectivity index (χ4n) is 2.63. The average Bonchev–Trinajstić information content (AvgIpc) is 2.64. The van der Waals surface area contributed by atoms with Crippen LogP contribution >= 0.6 is 27.5 Å². The Morgan fingerprint density at radius 1 is 1.26 bits per heavy atom. The van der Waals surface area contributed by atoms with Crippen LogP contribution < -0.4 is 10.9 Å². The van der Waals surface area contributed by atoms with Gasteiger partial charge < -0.3 is 10.3 Å². The number of hydrogen-bond donors (Lipinski definition) is 2. The van der Waals surface area contributed by atoms with Crippen molar-refractivity contribution in [2.45, 2.75) is 19.4 Å². The largest absolute Gasteiger partial charge is 0.349 e. The molecule has 0 saturated heterocycles. The second kappa shape index (κ2) is 8.50. The van der Waals surface area contributed by atoms with Crippen LogP contribution in [0.4, 0.5) is 0 Å². The first kappa shape index (κ1) is 19.3. The Labute approximate surface area is 169 Å². The summed E-state index contributed by atoms with van der Waals surface area (Å²) < 4.78 is 0.944. The van der Waals surface area contributed by atoms with Crippen LogP contribution in [0.2, 0.25) is 5.02 Å². The molecule has 2 N–H and O–H groups in total. The molecule has 0 aliphatic carbocycles. The quantitative estimate of drug-likeness (QED) is 0.614. The number of carbonyl (C=O) groups is 1. The highest BCUT2D eigenvalue weighted by Gasteiger charge is 2.13. The molecular formula is C20H17BrClN3O2. The number of aromatic amines is 1. The summed E-state index contributed by atoms with van der Waals surface area (Å²) in [6.45, 7) is 1.89. The van der Waals surface area contributed by atoms with E-state index in [2.05, 4.69) is 31.2 Å². The number of rotatable bonds is 5. The maximum atomic E-state index is 12.3. The van der Waals surface area contributed by atoms with Gasteiger partial charge in [0.15, 0.2) is 0 Å². The maximum absolute atomic E-state index is 12.3. The van der Waals surface area contributed by atoms with Crippen LogP contribution in [0.25, 0.3) is 11.4 Å². The van der Waals surface area contributed by atoms with Gasteiger partial charge in [0, 0.05) is 26.8 Å². The van der Waals surface area contributed by atoms with Crippen molar-refractivity contribution < 1.29 is 4.79 Å². The van der Waals surface area contributed by atoms with Gasteiger partial charge in [0.25, 0.3) is 5.56 Å². The fraction of sp³-hybridized carbons (Fsp3) is 0.150. The van der Waals surface area contributed by atoms with Crippen LogP contribution in [0.5, 0.6) is 0 Å². The van der Waals surface area contributed by atoms with E-state index in [1.54, 1.807) is 24.3 Å². The number of nitrogens with zero attached hydrogens (tertiary/aromatic N) is 1. The van der Waals surface area contributed by atoms with E-state index in [0.29, 0.717) is 16.4 Å². The van der Waals surface area contributed by atoms with Gasteiger partial charge in [-0.2, -0.15) is 0 Å². The first-order chi connectivity index (χ1) is 12.9. The number of halogens is 2. The van der Waals surface area contributed by atoms with E-state index < -0.39 is 0 Å². The second-order valence-electron chi connectivity index (χ2n) is 6.11. The number of hydrogen-bond acceptors (Lipinski definition) is 3. The van der Waals surface area contributed by atoms with E-state index in [-0.39, 0.29) is 23.9 Å². The maximum Gasteiger partial charge on any atom is 0.254 e. The molecule has 1 atom stereocenters. The van der Waals surface area contributed by atoms with E-state index in [4.69, 9.17) is 11.6 Å². The molecule has 1 aromatic heterocycles. The van der Waals surface area contributed by atoms with Gasteiger partial charge in [0.05, 0.1) is 12.5 Å². The molecule has 138 valence electrons. The number of amides is 1. The van der Waals surface area contributed by atoms with Crippen molar-refractivity contribution in [3.63, 3.8) is 0 Å². The molecule has 5 nitrogen and oxygen atoms in total. The molecule has 1 heterocycles. The summed E-state index contributed by atoms with van der Waals surface area (Å²) in [7, 11) is 0. The van der Waals surface area contributed by atoms with Crippen LogP contribution in [0, 0.1) is 0 Å². The smallest absolute Gasteiger partial charge is 0.254 e. The number of nitrogens with one attached hydrogen (secondary N) is 2. The molecule has 27 heavy (non-hydrogen) atoms. The lowest BCUT2D eigenvalue weighted by Crippen LogP contribution is -2.30. The van der Waals surface area contributed by atoms with Gasteiger partial charge in [-0.25, -0.2) is 4.98 Å². The van der Waals surface area contributed by atoms with Gasteiger partial charge >= 0.3 is 0 Å². The van der Waals surface area contributed by atoms with Crippen molar-refractivity contribution in [2.75, 3.05) is 0 Å². The molecule has 0 fully saturated rings. The molecule has 0 radical (unpaired) electrons. The number of aromatic nitrogens is 2. The molecule has 3 aromatic rings. The molecular weight excluding hydrogens is 430 g/mol. The lowest BCUT2D eigenvalue weighted by Gasteiger charge is -2.14. The summed E-state index contributed by atoms with van der Waals surface area (Å²) in [5.41, 5.74) is 1.70. The van der Waals surface area contributed by atoms with Gasteiger partial charge in [-0.05, 0) is 48.9 Å².